The Kier molecular flexibility index (Phi) is 4.99. The van der Waals surface area contributed by atoms with Crippen molar-refractivity contribution < 1.29 is 14.3 Å². The molecule has 2 atom stereocenters. The number of methoxy groups -OCH3 is 1. The van der Waals surface area contributed by atoms with Crippen molar-refractivity contribution in [1.29, 1.82) is 0 Å². The summed E-state index contributed by atoms with van der Waals surface area (Å²) >= 11 is 0. The van der Waals surface area contributed by atoms with Gasteiger partial charge in [-0.1, -0.05) is 30.4 Å². The van der Waals surface area contributed by atoms with Gasteiger partial charge in [0, 0.05) is 23.6 Å². The standard InChI is InChI=1S/C19H22N2O3/c1-24-19(23)16-8-3-2-7-15(16)18(22)20-11-10-13-12-21-17-9-5-4-6-14(13)17/h2-6,9,12,15-16,21H,7-8,10-11H2,1H3,(H,20,22). The first-order valence-electron chi connectivity index (χ1n) is 8.26. The van der Waals surface area contributed by atoms with E-state index in [2.05, 4.69) is 16.4 Å². The van der Waals surface area contributed by atoms with Crippen molar-refractivity contribution in [2.75, 3.05) is 13.7 Å². The first-order chi connectivity index (χ1) is 11.7. The van der Waals surface area contributed by atoms with E-state index >= 15 is 0 Å². The van der Waals surface area contributed by atoms with E-state index in [-0.39, 0.29) is 23.7 Å². The maximum absolute atomic E-state index is 12.5. The van der Waals surface area contributed by atoms with Crippen molar-refractivity contribution in [3.8, 4) is 0 Å². The molecule has 5 heteroatoms. The fraction of sp³-hybridized carbons (Fsp3) is 0.368. The molecular formula is C19H22N2O3. The molecule has 1 aliphatic carbocycles. The summed E-state index contributed by atoms with van der Waals surface area (Å²) in [5.74, 6) is -1.11. The number of carbonyl (C=O) groups excluding carboxylic acids is 2. The molecule has 0 fully saturated rings. The van der Waals surface area contributed by atoms with Crippen LogP contribution in [0.1, 0.15) is 18.4 Å². The minimum atomic E-state index is -0.381. The van der Waals surface area contributed by atoms with Crippen LogP contribution in [0.15, 0.2) is 42.6 Å². The molecule has 3 rings (SSSR count). The van der Waals surface area contributed by atoms with Crippen molar-refractivity contribution >= 4 is 22.8 Å². The summed E-state index contributed by atoms with van der Waals surface area (Å²) in [5, 5.41) is 4.15. The molecule has 2 unspecified atom stereocenters. The molecule has 1 heterocycles. The Bertz CT molecular complexity index is 763. The highest BCUT2D eigenvalue weighted by Crippen LogP contribution is 2.27. The van der Waals surface area contributed by atoms with E-state index in [9.17, 15) is 9.59 Å². The first kappa shape index (κ1) is 16.3. The number of fused-ring (bicyclic) bond motifs is 1. The lowest BCUT2D eigenvalue weighted by atomic mass is 9.82. The van der Waals surface area contributed by atoms with Gasteiger partial charge in [-0.3, -0.25) is 9.59 Å². The molecule has 0 saturated heterocycles. The van der Waals surface area contributed by atoms with Gasteiger partial charge in [0.15, 0.2) is 0 Å². The SMILES string of the molecule is COC(=O)C1CC=CCC1C(=O)NCCc1c[nH]c2ccccc12. The van der Waals surface area contributed by atoms with E-state index in [1.54, 1.807) is 0 Å². The fourth-order valence-electron chi connectivity index (χ4n) is 3.31. The number of allylic oxidation sites excluding steroid dienone is 2. The highest BCUT2D eigenvalue weighted by Gasteiger charge is 2.34. The van der Waals surface area contributed by atoms with Crippen LogP contribution in [0.5, 0.6) is 0 Å². The number of nitrogens with one attached hydrogen (secondary N) is 2. The smallest absolute Gasteiger partial charge is 0.309 e. The molecule has 0 spiro atoms. The Morgan fingerprint density at radius 1 is 1.21 bits per heavy atom. The van der Waals surface area contributed by atoms with E-state index in [0.29, 0.717) is 19.4 Å². The summed E-state index contributed by atoms with van der Waals surface area (Å²) in [6.07, 6.45) is 7.78. The molecule has 24 heavy (non-hydrogen) atoms. The average molecular weight is 326 g/mol. The predicted molar refractivity (Wildman–Crippen MR) is 92.4 cm³/mol. The van der Waals surface area contributed by atoms with Gasteiger partial charge in [0.1, 0.15) is 0 Å². The van der Waals surface area contributed by atoms with Crippen LogP contribution in [-0.4, -0.2) is 30.5 Å². The number of hydrogen-bond acceptors (Lipinski definition) is 3. The van der Waals surface area contributed by atoms with Crippen LogP contribution in [0.2, 0.25) is 0 Å². The molecule has 0 aliphatic heterocycles. The minimum Gasteiger partial charge on any atom is -0.469 e. The number of aromatic nitrogens is 1. The van der Waals surface area contributed by atoms with Crippen LogP contribution in [0.25, 0.3) is 10.9 Å². The Labute approximate surface area is 141 Å². The molecule has 1 aliphatic rings. The summed E-state index contributed by atoms with van der Waals surface area (Å²) in [7, 11) is 1.37. The van der Waals surface area contributed by atoms with Crippen LogP contribution in [0.4, 0.5) is 0 Å². The number of para-hydroxylation sites is 1. The van der Waals surface area contributed by atoms with E-state index in [0.717, 1.165) is 11.9 Å². The third kappa shape index (κ3) is 3.35. The Morgan fingerprint density at radius 3 is 2.75 bits per heavy atom. The number of carbonyl (C=O) groups is 2. The van der Waals surface area contributed by atoms with Crippen molar-refractivity contribution in [1.82, 2.24) is 10.3 Å². The second-order valence-electron chi connectivity index (χ2n) is 6.08. The zero-order valence-corrected chi connectivity index (χ0v) is 13.7. The second-order valence-corrected chi connectivity index (χ2v) is 6.08. The molecular weight excluding hydrogens is 304 g/mol. The molecule has 2 N–H and O–H groups in total. The predicted octanol–water partition coefficient (Wildman–Crippen LogP) is 2.58. The first-order valence-corrected chi connectivity index (χ1v) is 8.26. The maximum atomic E-state index is 12.5. The number of esters is 1. The molecule has 1 aromatic heterocycles. The van der Waals surface area contributed by atoms with Crippen molar-refractivity contribution in [3.63, 3.8) is 0 Å². The quantitative estimate of drug-likeness (QED) is 0.655. The maximum Gasteiger partial charge on any atom is 0.309 e. The van der Waals surface area contributed by atoms with Gasteiger partial charge in [0.05, 0.1) is 18.9 Å². The van der Waals surface area contributed by atoms with Crippen LogP contribution >= 0.6 is 0 Å². The van der Waals surface area contributed by atoms with Crippen LogP contribution in [0.3, 0.4) is 0 Å². The highest BCUT2D eigenvalue weighted by molar-refractivity contribution is 5.86. The van der Waals surface area contributed by atoms with Crippen molar-refractivity contribution in [2.24, 2.45) is 11.8 Å². The van der Waals surface area contributed by atoms with Crippen molar-refractivity contribution in [2.45, 2.75) is 19.3 Å². The summed E-state index contributed by atoms with van der Waals surface area (Å²) in [5.41, 5.74) is 2.28. The average Bonchev–Trinajstić information content (AvgIpc) is 3.04. The van der Waals surface area contributed by atoms with Crippen LogP contribution in [0, 0.1) is 11.8 Å². The van der Waals surface area contributed by atoms with E-state index in [4.69, 9.17) is 4.74 Å². The molecule has 0 bridgehead atoms. The number of rotatable bonds is 5. The summed E-state index contributed by atoms with van der Waals surface area (Å²) in [4.78, 5) is 27.5. The number of hydrogen-bond donors (Lipinski definition) is 2. The number of ether oxygens (including phenoxy) is 1. The summed E-state index contributed by atoms with van der Waals surface area (Å²) in [6, 6.07) is 8.11. The molecule has 1 aromatic carbocycles. The molecule has 1 amide bonds. The molecule has 0 radical (unpaired) electrons. The third-order valence-electron chi connectivity index (χ3n) is 4.64. The van der Waals surface area contributed by atoms with Gasteiger partial charge in [-0.25, -0.2) is 0 Å². The number of benzene rings is 1. The summed E-state index contributed by atoms with van der Waals surface area (Å²) < 4.78 is 4.82. The van der Waals surface area contributed by atoms with Crippen LogP contribution in [-0.2, 0) is 20.7 Å². The van der Waals surface area contributed by atoms with Gasteiger partial charge in [-0.15, -0.1) is 0 Å². The van der Waals surface area contributed by atoms with Gasteiger partial charge in [-0.05, 0) is 30.9 Å². The Morgan fingerprint density at radius 2 is 1.96 bits per heavy atom. The highest BCUT2D eigenvalue weighted by atomic mass is 16.5. The van der Waals surface area contributed by atoms with Crippen molar-refractivity contribution in [3.05, 3.63) is 48.2 Å². The van der Waals surface area contributed by atoms with Gasteiger partial charge in [-0.2, -0.15) is 0 Å². The van der Waals surface area contributed by atoms with Gasteiger partial charge in [0.25, 0.3) is 0 Å². The topological polar surface area (TPSA) is 71.2 Å². The van der Waals surface area contributed by atoms with E-state index in [1.807, 2.05) is 36.5 Å². The lowest BCUT2D eigenvalue weighted by Gasteiger charge is -2.25. The molecule has 0 saturated carbocycles. The third-order valence-corrected chi connectivity index (χ3v) is 4.64. The number of aromatic amines is 1. The molecule has 2 aromatic rings. The zero-order valence-electron chi connectivity index (χ0n) is 13.7. The molecule has 126 valence electrons. The largest absolute Gasteiger partial charge is 0.469 e. The lowest BCUT2D eigenvalue weighted by molar-refractivity contribution is -0.150. The molecule has 5 nitrogen and oxygen atoms in total. The normalized spacial score (nSPS) is 20.0. The summed E-state index contributed by atoms with van der Waals surface area (Å²) in [6.45, 7) is 0.550. The number of H-pyrrole nitrogens is 1. The Hall–Kier alpha value is -2.56. The number of amides is 1. The fourth-order valence-corrected chi connectivity index (χ4v) is 3.31. The second kappa shape index (κ2) is 7.34. The van der Waals surface area contributed by atoms with Crippen LogP contribution < -0.4 is 5.32 Å². The lowest BCUT2D eigenvalue weighted by Crippen LogP contribution is -2.39. The van der Waals surface area contributed by atoms with Gasteiger partial charge in [0.2, 0.25) is 5.91 Å². The van der Waals surface area contributed by atoms with E-state index in [1.165, 1.54) is 18.1 Å². The zero-order chi connectivity index (χ0) is 16.9. The van der Waals surface area contributed by atoms with E-state index < -0.39 is 0 Å². The van der Waals surface area contributed by atoms with Gasteiger partial charge < -0.3 is 15.0 Å². The van der Waals surface area contributed by atoms with Gasteiger partial charge >= 0.3 is 5.97 Å². The Balaban J connectivity index is 1.59. The monoisotopic (exact) mass is 326 g/mol. The minimum absolute atomic E-state index is 0.0745.